The molecule has 2 saturated heterocycles. The molecule has 15 heavy (non-hydrogen) atoms. The Labute approximate surface area is 95.9 Å². The summed E-state index contributed by atoms with van der Waals surface area (Å²) in [4.78, 5) is 2.61. The molecule has 0 aromatic rings. The number of ether oxygens (including phenoxy) is 1. The summed E-state index contributed by atoms with van der Waals surface area (Å²) in [7, 11) is 3.06. The smallest absolute Gasteiger partial charge is 0.0645 e. The molecule has 2 aliphatic heterocycles. The molecule has 2 fully saturated rings. The highest BCUT2D eigenvalue weighted by Crippen LogP contribution is 2.38. The Morgan fingerprint density at radius 3 is 2.33 bits per heavy atom. The third-order valence-corrected chi connectivity index (χ3v) is 4.61. The van der Waals surface area contributed by atoms with Gasteiger partial charge in [0.25, 0.3) is 0 Å². The molecule has 0 aliphatic carbocycles. The highest BCUT2D eigenvalue weighted by molar-refractivity contribution is 7.17. The summed E-state index contributed by atoms with van der Waals surface area (Å²) in [5.74, 6) is 0.847. The van der Waals surface area contributed by atoms with Crippen LogP contribution in [0.25, 0.3) is 0 Å². The SMILES string of the molecule is CC(C)(C)C1CCN(C2COC2)CC1P. The van der Waals surface area contributed by atoms with Gasteiger partial charge in [0.05, 0.1) is 19.3 Å². The van der Waals surface area contributed by atoms with Crippen molar-refractivity contribution in [1.82, 2.24) is 4.90 Å². The Balaban J connectivity index is 1.90. The minimum atomic E-state index is 0.453. The lowest BCUT2D eigenvalue weighted by molar-refractivity contribution is -0.0768. The van der Waals surface area contributed by atoms with Crippen molar-refractivity contribution in [1.29, 1.82) is 0 Å². The standard InChI is InChI=1S/C12H24NOP/c1-12(2,3)10-4-5-13(6-11(10)15)9-7-14-8-9/h9-11H,4-8,15H2,1-3H3. The lowest BCUT2D eigenvalue weighted by Gasteiger charge is -2.47. The van der Waals surface area contributed by atoms with Crippen LogP contribution in [0, 0.1) is 11.3 Å². The maximum absolute atomic E-state index is 5.27. The predicted octanol–water partition coefficient (Wildman–Crippen LogP) is 2.00. The second kappa shape index (κ2) is 4.31. The topological polar surface area (TPSA) is 12.5 Å². The van der Waals surface area contributed by atoms with Crippen molar-refractivity contribution in [3.63, 3.8) is 0 Å². The zero-order valence-corrected chi connectivity index (χ0v) is 11.4. The molecule has 3 atom stereocenters. The maximum atomic E-state index is 5.27. The van der Waals surface area contributed by atoms with Gasteiger partial charge in [-0.2, -0.15) is 0 Å². The van der Waals surface area contributed by atoms with Gasteiger partial charge < -0.3 is 4.74 Å². The van der Waals surface area contributed by atoms with Crippen molar-refractivity contribution in [2.75, 3.05) is 26.3 Å². The average molecular weight is 229 g/mol. The van der Waals surface area contributed by atoms with Crippen molar-refractivity contribution < 1.29 is 4.74 Å². The molecule has 0 saturated carbocycles. The average Bonchev–Trinajstić information content (AvgIpc) is 1.97. The second-order valence-corrected chi connectivity index (χ2v) is 6.97. The molecule has 3 heteroatoms. The Bertz CT molecular complexity index is 222. The molecule has 2 heterocycles. The highest BCUT2D eigenvalue weighted by Gasteiger charge is 2.37. The molecular formula is C12H24NOP. The van der Waals surface area contributed by atoms with E-state index in [0.717, 1.165) is 24.8 Å². The Kier molecular flexibility index (Phi) is 3.40. The summed E-state index contributed by atoms with van der Waals surface area (Å²) in [6, 6.07) is 0.717. The van der Waals surface area contributed by atoms with Crippen LogP contribution in [0.5, 0.6) is 0 Å². The second-order valence-electron chi connectivity index (χ2n) is 6.11. The van der Waals surface area contributed by atoms with E-state index in [0.29, 0.717) is 11.5 Å². The molecule has 3 unspecified atom stereocenters. The summed E-state index contributed by atoms with van der Waals surface area (Å²) in [5.41, 5.74) is 1.20. The van der Waals surface area contributed by atoms with Gasteiger partial charge in [0, 0.05) is 6.54 Å². The van der Waals surface area contributed by atoms with Gasteiger partial charge in [-0.25, -0.2) is 0 Å². The van der Waals surface area contributed by atoms with Crippen LogP contribution in [-0.4, -0.2) is 42.9 Å². The van der Waals surface area contributed by atoms with E-state index in [1.165, 1.54) is 19.5 Å². The molecule has 0 radical (unpaired) electrons. The third kappa shape index (κ3) is 2.54. The van der Waals surface area contributed by atoms with E-state index in [1.807, 2.05) is 0 Å². The van der Waals surface area contributed by atoms with Crippen molar-refractivity contribution in [2.24, 2.45) is 11.3 Å². The van der Waals surface area contributed by atoms with E-state index in [9.17, 15) is 0 Å². The van der Waals surface area contributed by atoms with Gasteiger partial charge in [-0.15, -0.1) is 9.24 Å². The Morgan fingerprint density at radius 1 is 1.27 bits per heavy atom. The fourth-order valence-corrected chi connectivity index (χ4v) is 3.89. The quantitative estimate of drug-likeness (QED) is 0.638. The van der Waals surface area contributed by atoms with Gasteiger partial charge in [-0.3, -0.25) is 4.90 Å². The molecule has 0 aromatic heterocycles. The number of hydrogen-bond acceptors (Lipinski definition) is 2. The van der Waals surface area contributed by atoms with Crippen LogP contribution in [-0.2, 0) is 4.74 Å². The Hall–Kier alpha value is 0.350. The Morgan fingerprint density at radius 2 is 1.93 bits per heavy atom. The first-order valence-corrected chi connectivity index (χ1v) is 6.72. The molecule has 0 aromatic carbocycles. The lowest BCUT2D eigenvalue weighted by atomic mass is 9.74. The monoisotopic (exact) mass is 229 g/mol. The van der Waals surface area contributed by atoms with Gasteiger partial charge in [-0.05, 0) is 30.0 Å². The minimum absolute atomic E-state index is 0.453. The number of rotatable bonds is 1. The molecule has 2 nitrogen and oxygen atoms in total. The van der Waals surface area contributed by atoms with Gasteiger partial charge in [0.2, 0.25) is 0 Å². The highest BCUT2D eigenvalue weighted by atomic mass is 31.0. The zero-order valence-electron chi connectivity index (χ0n) is 10.2. The van der Waals surface area contributed by atoms with Crippen LogP contribution in [0.2, 0.25) is 0 Å². The largest absolute Gasteiger partial charge is 0.378 e. The van der Waals surface area contributed by atoms with E-state index in [1.54, 1.807) is 0 Å². The summed E-state index contributed by atoms with van der Waals surface area (Å²) in [6.07, 6.45) is 1.34. The number of likely N-dealkylation sites (tertiary alicyclic amines) is 1. The van der Waals surface area contributed by atoms with Gasteiger partial charge in [0.1, 0.15) is 0 Å². The maximum Gasteiger partial charge on any atom is 0.0645 e. The number of nitrogens with zero attached hydrogens (tertiary/aromatic N) is 1. The first kappa shape index (κ1) is 11.8. The molecule has 2 aliphatic rings. The molecular weight excluding hydrogens is 205 g/mol. The van der Waals surface area contributed by atoms with Gasteiger partial charge in [-0.1, -0.05) is 20.8 Å². The van der Waals surface area contributed by atoms with Crippen molar-refractivity contribution in [2.45, 2.75) is 38.9 Å². The van der Waals surface area contributed by atoms with E-state index in [-0.39, 0.29) is 0 Å². The van der Waals surface area contributed by atoms with Crippen LogP contribution in [0.4, 0.5) is 0 Å². The van der Waals surface area contributed by atoms with E-state index in [4.69, 9.17) is 4.74 Å². The van der Waals surface area contributed by atoms with Crippen LogP contribution in [0.15, 0.2) is 0 Å². The summed E-state index contributed by atoms with van der Waals surface area (Å²) >= 11 is 0. The normalized spacial score (nSPS) is 35.2. The molecule has 0 N–H and O–H groups in total. The van der Waals surface area contributed by atoms with E-state index >= 15 is 0 Å². The van der Waals surface area contributed by atoms with Crippen LogP contribution in [0.1, 0.15) is 27.2 Å². The van der Waals surface area contributed by atoms with Crippen molar-refractivity contribution >= 4 is 9.24 Å². The fourth-order valence-electron chi connectivity index (χ4n) is 2.85. The van der Waals surface area contributed by atoms with Crippen LogP contribution >= 0.6 is 9.24 Å². The summed E-state index contributed by atoms with van der Waals surface area (Å²) in [6.45, 7) is 11.5. The third-order valence-electron chi connectivity index (χ3n) is 3.94. The first-order valence-electron chi connectivity index (χ1n) is 6.06. The minimum Gasteiger partial charge on any atom is -0.378 e. The fraction of sp³-hybridized carbons (Fsp3) is 1.00. The number of piperidine rings is 1. The summed E-state index contributed by atoms with van der Waals surface area (Å²) in [5, 5.41) is 0. The van der Waals surface area contributed by atoms with E-state index < -0.39 is 0 Å². The molecule has 0 spiro atoms. The number of hydrogen-bond donors (Lipinski definition) is 0. The van der Waals surface area contributed by atoms with Crippen LogP contribution < -0.4 is 0 Å². The summed E-state index contributed by atoms with van der Waals surface area (Å²) < 4.78 is 5.27. The molecule has 88 valence electrons. The van der Waals surface area contributed by atoms with Gasteiger partial charge >= 0.3 is 0 Å². The lowest BCUT2D eigenvalue weighted by Crippen LogP contribution is -2.55. The van der Waals surface area contributed by atoms with Gasteiger partial charge in [0.15, 0.2) is 0 Å². The van der Waals surface area contributed by atoms with Crippen molar-refractivity contribution in [3.05, 3.63) is 0 Å². The van der Waals surface area contributed by atoms with E-state index in [2.05, 4.69) is 34.9 Å². The predicted molar refractivity (Wildman–Crippen MR) is 67.2 cm³/mol. The first-order chi connectivity index (χ1) is 6.98. The zero-order chi connectivity index (χ0) is 11.1. The van der Waals surface area contributed by atoms with Crippen molar-refractivity contribution in [3.8, 4) is 0 Å². The van der Waals surface area contributed by atoms with Crippen LogP contribution in [0.3, 0.4) is 0 Å². The molecule has 0 bridgehead atoms. The molecule has 0 amide bonds. The molecule has 2 rings (SSSR count).